The number of methoxy groups -OCH3 is 1. The van der Waals surface area contributed by atoms with Crippen LogP contribution in [0.5, 0.6) is 11.5 Å². The maximum absolute atomic E-state index is 12.6. The molecule has 0 unspecified atom stereocenters. The molecule has 0 bridgehead atoms. The van der Waals surface area contributed by atoms with Gasteiger partial charge in [0.05, 0.1) is 12.7 Å². The van der Waals surface area contributed by atoms with E-state index in [0.29, 0.717) is 5.02 Å². The molecule has 122 valence electrons. The zero-order chi connectivity index (χ0) is 16.8. The lowest BCUT2D eigenvalue weighted by Crippen LogP contribution is -2.24. The largest absolute Gasteiger partial charge is 0.493 e. The van der Waals surface area contributed by atoms with E-state index in [0.717, 1.165) is 5.56 Å². The Kier molecular flexibility index (Phi) is 5.76. The van der Waals surface area contributed by atoms with E-state index in [4.69, 9.17) is 16.3 Å². The molecule has 0 radical (unpaired) electrons. The van der Waals surface area contributed by atoms with E-state index in [1.54, 1.807) is 24.3 Å². The fourth-order valence-electron chi connectivity index (χ4n) is 1.99. The third-order valence-corrected chi connectivity index (χ3v) is 3.23. The highest BCUT2D eigenvalue weighted by Gasteiger charge is 2.20. The van der Waals surface area contributed by atoms with E-state index in [1.165, 1.54) is 25.3 Å². The summed E-state index contributed by atoms with van der Waals surface area (Å²) in [5.41, 5.74) is 0.747. The molecule has 1 amide bonds. The van der Waals surface area contributed by atoms with Crippen molar-refractivity contribution < 1.29 is 23.0 Å². The number of para-hydroxylation sites is 1. The van der Waals surface area contributed by atoms with Crippen molar-refractivity contribution in [3.63, 3.8) is 0 Å². The van der Waals surface area contributed by atoms with Crippen LogP contribution in [0.25, 0.3) is 0 Å². The number of ether oxygens (including phenoxy) is 2. The van der Waals surface area contributed by atoms with Crippen LogP contribution in [0.4, 0.5) is 8.78 Å². The lowest BCUT2D eigenvalue weighted by atomic mass is 10.1. The molecule has 0 aliphatic carbocycles. The molecule has 2 rings (SSSR count). The third-order valence-electron chi connectivity index (χ3n) is 2.99. The molecule has 0 atom stereocenters. The summed E-state index contributed by atoms with van der Waals surface area (Å²) in [5, 5.41) is 3.17. The van der Waals surface area contributed by atoms with Gasteiger partial charge in [0, 0.05) is 11.6 Å². The van der Waals surface area contributed by atoms with Gasteiger partial charge in [-0.3, -0.25) is 4.79 Å². The Bertz CT molecular complexity index is 695. The Morgan fingerprint density at radius 2 is 2.00 bits per heavy atom. The normalized spacial score (nSPS) is 10.5. The second kappa shape index (κ2) is 7.78. The standard InChI is InChI=1S/C16H14ClF2NO3/c1-22-13-7-3-6-12(14(13)23-16(18)19)15(21)20-9-10-4-2-5-11(17)8-10/h2-8,16H,9H2,1H3,(H,20,21). The first-order chi connectivity index (χ1) is 11.0. The maximum atomic E-state index is 12.6. The van der Waals surface area contributed by atoms with Crippen LogP contribution in [0.2, 0.25) is 5.02 Å². The van der Waals surface area contributed by atoms with Gasteiger partial charge in [-0.25, -0.2) is 0 Å². The Morgan fingerprint density at radius 1 is 1.26 bits per heavy atom. The number of benzene rings is 2. The molecular weight excluding hydrogens is 328 g/mol. The molecule has 0 aromatic heterocycles. The van der Waals surface area contributed by atoms with Crippen LogP contribution in [0, 0.1) is 0 Å². The zero-order valence-corrected chi connectivity index (χ0v) is 12.9. The third kappa shape index (κ3) is 4.56. The van der Waals surface area contributed by atoms with Gasteiger partial charge in [-0.15, -0.1) is 0 Å². The molecule has 0 aliphatic rings. The van der Waals surface area contributed by atoms with Crippen molar-refractivity contribution in [1.82, 2.24) is 5.32 Å². The minimum Gasteiger partial charge on any atom is -0.493 e. The van der Waals surface area contributed by atoms with Gasteiger partial charge in [-0.1, -0.05) is 29.8 Å². The van der Waals surface area contributed by atoms with E-state index >= 15 is 0 Å². The maximum Gasteiger partial charge on any atom is 0.387 e. The average Bonchev–Trinajstić information content (AvgIpc) is 2.52. The average molecular weight is 342 g/mol. The SMILES string of the molecule is COc1cccc(C(=O)NCc2cccc(Cl)c2)c1OC(F)F. The fraction of sp³-hybridized carbons (Fsp3) is 0.188. The number of rotatable bonds is 6. The van der Waals surface area contributed by atoms with Crippen molar-refractivity contribution in [3.05, 3.63) is 58.6 Å². The first kappa shape index (κ1) is 17.0. The molecule has 0 heterocycles. The van der Waals surface area contributed by atoms with Crippen LogP contribution in [-0.2, 0) is 6.54 Å². The molecule has 0 saturated carbocycles. The van der Waals surface area contributed by atoms with Crippen molar-refractivity contribution in [2.45, 2.75) is 13.2 Å². The van der Waals surface area contributed by atoms with E-state index in [1.807, 2.05) is 0 Å². The van der Waals surface area contributed by atoms with E-state index < -0.39 is 12.5 Å². The van der Waals surface area contributed by atoms with Crippen molar-refractivity contribution in [2.75, 3.05) is 7.11 Å². The first-order valence-electron chi connectivity index (χ1n) is 6.65. The second-order valence-corrected chi connectivity index (χ2v) is 4.96. The summed E-state index contributed by atoms with van der Waals surface area (Å²) in [5.74, 6) is -0.797. The van der Waals surface area contributed by atoms with Crippen LogP contribution < -0.4 is 14.8 Å². The highest BCUT2D eigenvalue weighted by molar-refractivity contribution is 6.30. The van der Waals surface area contributed by atoms with Gasteiger partial charge in [0.2, 0.25) is 0 Å². The molecule has 0 spiro atoms. The first-order valence-corrected chi connectivity index (χ1v) is 7.03. The van der Waals surface area contributed by atoms with Crippen LogP contribution in [0.1, 0.15) is 15.9 Å². The monoisotopic (exact) mass is 341 g/mol. The predicted molar refractivity (Wildman–Crippen MR) is 82.2 cm³/mol. The Balaban J connectivity index is 2.18. The van der Waals surface area contributed by atoms with Crippen molar-refractivity contribution in [3.8, 4) is 11.5 Å². The molecule has 23 heavy (non-hydrogen) atoms. The quantitative estimate of drug-likeness (QED) is 0.867. The topological polar surface area (TPSA) is 47.6 Å². The summed E-state index contributed by atoms with van der Waals surface area (Å²) in [6, 6.07) is 11.3. The molecule has 2 aromatic rings. The van der Waals surface area contributed by atoms with Crippen LogP contribution in [0.15, 0.2) is 42.5 Å². The Hall–Kier alpha value is -2.34. The summed E-state index contributed by atoms with van der Waals surface area (Å²) < 4.78 is 34.5. The number of hydrogen-bond donors (Lipinski definition) is 1. The molecular formula is C16H14ClF2NO3. The molecule has 7 heteroatoms. The lowest BCUT2D eigenvalue weighted by Gasteiger charge is -2.14. The summed E-state index contributed by atoms with van der Waals surface area (Å²) >= 11 is 5.87. The van der Waals surface area contributed by atoms with Gasteiger partial charge < -0.3 is 14.8 Å². The highest BCUT2D eigenvalue weighted by Crippen LogP contribution is 2.32. The van der Waals surface area contributed by atoms with E-state index in [2.05, 4.69) is 10.1 Å². The molecule has 2 aromatic carbocycles. The molecule has 4 nitrogen and oxygen atoms in total. The van der Waals surface area contributed by atoms with E-state index in [9.17, 15) is 13.6 Å². The van der Waals surface area contributed by atoms with Gasteiger partial charge in [0.15, 0.2) is 11.5 Å². The Morgan fingerprint density at radius 3 is 2.65 bits per heavy atom. The van der Waals surface area contributed by atoms with Crippen LogP contribution in [-0.4, -0.2) is 19.6 Å². The van der Waals surface area contributed by atoms with Gasteiger partial charge in [0.1, 0.15) is 0 Å². The minimum absolute atomic E-state index is 0.0355. The van der Waals surface area contributed by atoms with Gasteiger partial charge in [-0.2, -0.15) is 8.78 Å². The number of carbonyl (C=O) groups excluding carboxylic acids is 1. The number of amides is 1. The molecule has 1 N–H and O–H groups in total. The molecule has 0 saturated heterocycles. The second-order valence-electron chi connectivity index (χ2n) is 4.53. The summed E-state index contributed by atoms with van der Waals surface area (Å²) in [6.07, 6.45) is 0. The van der Waals surface area contributed by atoms with Gasteiger partial charge in [-0.05, 0) is 29.8 Å². The predicted octanol–water partition coefficient (Wildman–Crippen LogP) is 3.88. The summed E-state index contributed by atoms with van der Waals surface area (Å²) in [7, 11) is 1.31. The van der Waals surface area contributed by atoms with Crippen molar-refractivity contribution in [2.24, 2.45) is 0 Å². The van der Waals surface area contributed by atoms with E-state index in [-0.39, 0.29) is 23.6 Å². The van der Waals surface area contributed by atoms with Gasteiger partial charge >= 0.3 is 6.61 Å². The number of carbonyl (C=O) groups is 1. The van der Waals surface area contributed by atoms with Crippen molar-refractivity contribution in [1.29, 1.82) is 0 Å². The smallest absolute Gasteiger partial charge is 0.387 e. The fourth-order valence-corrected chi connectivity index (χ4v) is 2.20. The number of halogens is 3. The zero-order valence-electron chi connectivity index (χ0n) is 12.2. The molecule has 0 fully saturated rings. The lowest BCUT2D eigenvalue weighted by molar-refractivity contribution is -0.0515. The van der Waals surface area contributed by atoms with Crippen LogP contribution >= 0.6 is 11.6 Å². The Labute approximate surface area is 137 Å². The van der Waals surface area contributed by atoms with Crippen molar-refractivity contribution >= 4 is 17.5 Å². The van der Waals surface area contributed by atoms with Gasteiger partial charge in [0.25, 0.3) is 5.91 Å². The summed E-state index contributed by atoms with van der Waals surface area (Å²) in [4.78, 5) is 12.2. The van der Waals surface area contributed by atoms with Crippen LogP contribution in [0.3, 0.4) is 0 Å². The summed E-state index contributed by atoms with van der Waals surface area (Å²) in [6.45, 7) is -2.86. The number of hydrogen-bond acceptors (Lipinski definition) is 3. The minimum atomic E-state index is -3.06. The highest BCUT2D eigenvalue weighted by atomic mass is 35.5. The molecule has 0 aliphatic heterocycles. The number of alkyl halides is 2. The number of nitrogens with one attached hydrogen (secondary N) is 1.